The second-order valence-electron chi connectivity index (χ2n) is 10.0. The van der Waals surface area contributed by atoms with Crippen molar-refractivity contribution in [2.75, 3.05) is 19.7 Å². The minimum absolute atomic E-state index is 0.00416. The summed E-state index contributed by atoms with van der Waals surface area (Å²) in [6.45, 7) is 6.43. The molecule has 1 aliphatic heterocycles. The first-order valence-electron chi connectivity index (χ1n) is 12.4. The number of ether oxygens (including phenoxy) is 1. The summed E-state index contributed by atoms with van der Waals surface area (Å²) >= 11 is 0. The molecule has 2 N–H and O–H groups in total. The minimum Gasteiger partial charge on any atom is -0.481 e. The van der Waals surface area contributed by atoms with Gasteiger partial charge in [-0.25, -0.2) is 4.79 Å². The van der Waals surface area contributed by atoms with E-state index in [9.17, 15) is 19.5 Å². The fourth-order valence-corrected chi connectivity index (χ4v) is 5.26. The van der Waals surface area contributed by atoms with E-state index in [-0.39, 0.29) is 43.4 Å². The van der Waals surface area contributed by atoms with Crippen LogP contribution in [0.15, 0.2) is 48.5 Å². The van der Waals surface area contributed by atoms with Gasteiger partial charge in [0.1, 0.15) is 6.61 Å². The number of hydrogen-bond acceptors (Lipinski definition) is 4. The lowest BCUT2D eigenvalue weighted by Gasteiger charge is -2.23. The average Bonchev–Trinajstić information content (AvgIpc) is 3.35. The SMILES string of the molecule is CCC(CCC(=O)N1CC(C)C(C)(C(=O)O)C1)NC(=O)OCC1c2ccccc2-c2ccccc21. The molecule has 2 aromatic rings. The Hall–Kier alpha value is -3.35. The number of rotatable bonds is 8. The number of carboxylic acid groups (broad SMARTS) is 1. The van der Waals surface area contributed by atoms with Crippen molar-refractivity contribution in [1.29, 1.82) is 0 Å². The van der Waals surface area contributed by atoms with Crippen LogP contribution in [0.2, 0.25) is 0 Å². The third-order valence-corrected chi connectivity index (χ3v) is 7.81. The van der Waals surface area contributed by atoms with Crippen molar-refractivity contribution >= 4 is 18.0 Å². The first-order valence-corrected chi connectivity index (χ1v) is 12.4. The summed E-state index contributed by atoms with van der Waals surface area (Å²) in [5.74, 6) is -1.06. The van der Waals surface area contributed by atoms with Gasteiger partial charge in [-0.1, -0.05) is 62.4 Å². The Kier molecular flexibility index (Phi) is 7.15. The molecule has 7 heteroatoms. The van der Waals surface area contributed by atoms with Crippen molar-refractivity contribution in [1.82, 2.24) is 10.2 Å². The molecule has 3 atom stereocenters. The maximum atomic E-state index is 12.7. The molecule has 0 radical (unpaired) electrons. The highest BCUT2D eigenvalue weighted by Gasteiger charge is 2.47. The molecule has 0 aromatic heterocycles. The number of carbonyl (C=O) groups excluding carboxylic acids is 2. The zero-order valence-corrected chi connectivity index (χ0v) is 20.6. The van der Waals surface area contributed by atoms with Gasteiger partial charge >= 0.3 is 12.1 Å². The van der Waals surface area contributed by atoms with Crippen LogP contribution in [0, 0.1) is 11.3 Å². The number of nitrogens with zero attached hydrogens (tertiary/aromatic N) is 1. The average molecular weight is 479 g/mol. The Balaban J connectivity index is 1.29. The number of aliphatic carboxylic acids is 1. The van der Waals surface area contributed by atoms with Crippen LogP contribution in [0.1, 0.15) is 57.1 Å². The Labute approximate surface area is 206 Å². The van der Waals surface area contributed by atoms with Crippen LogP contribution in [0.5, 0.6) is 0 Å². The lowest BCUT2D eigenvalue weighted by Crippen LogP contribution is -2.38. The molecule has 186 valence electrons. The molecule has 2 aromatic carbocycles. The van der Waals surface area contributed by atoms with Crippen molar-refractivity contribution in [3.63, 3.8) is 0 Å². The van der Waals surface area contributed by atoms with Crippen molar-refractivity contribution in [3.05, 3.63) is 59.7 Å². The number of nitrogens with one attached hydrogen (secondary N) is 1. The van der Waals surface area contributed by atoms with Crippen LogP contribution in [0.4, 0.5) is 4.79 Å². The van der Waals surface area contributed by atoms with Gasteiger partial charge in [0, 0.05) is 31.5 Å². The summed E-state index contributed by atoms with van der Waals surface area (Å²) in [4.78, 5) is 38.6. The molecule has 2 aliphatic rings. The zero-order valence-electron chi connectivity index (χ0n) is 20.6. The second-order valence-corrected chi connectivity index (χ2v) is 10.0. The lowest BCUT2D eigenvalue weighted by molar-refractivity contribution is -0.149. The van der Waals surface area contributed by atoms with E-state index in [0.29, 0.717) is 19.4 Å². The Morgan fingerprint density at radius 2 is 1.71 bits per heavy atom. The monoisotopic (exact) mass is 478 g/mol. The van der Waals surface area contributed by atoms with Crippen LogP contribution in [-0.2, 0) is 14.3 Å². The van der Waals surface area contributed by atoms with E-state index in [1.54, 1.807) is 11.8 Å². The lowest BCUT2D eigenvalue weighted by atomic mass is 9.81. The topological polar surface area (TPSA) is 95.9 Å². The number of fused-ring (bicyclic) bond motifs is 3. The summed E-state index contributed by atoms with van der Waals surface area (Å²) in [6, 6.07) is 16.2. The van der Waals surface area contributed by atoms with E-state index in [1.807, 2.05) is 38.1 Å². The van der Waals surface area contributed by atoms with Gasteiger partial charge in [0.15, 0.2) is 0 Å². The second kappa shape index (κ2) is 10.1. The molecular weight excluding hydrogens is 444 g/mol. The molecule has 1 aliphatic carbocycles. The number of amides is 2. The van der Waals surface area contributed by atoms with Gasteiger partial charge < -0.3 is 20.1 Å². The quantitative estimate of drug-likeness (QED) is 0.576. The number of hydrogen-bond donors (Lipinski definition) is 2. The first kappa shape index (κ1) is 24.8. The van der Waals surface area contributed by atoms with Gasteiger partial charge in [-0.3, -0.25) is 9.59 Å². The normalized spacial score (nSPS) is 21.8. The highest BCUT2D eigenvalue weighted by molar-refractivity contribution is 5.81. The Bertz CT molecular complexity index is 1070. The van der Waals surface area contributed by atoms with E-state index >= 15 is 0 Å². The van der Waals surface area contributed by atoms with Crippen LogP contribution in [-0.4, -0.2) is 53.7 Å². The van der Waals surface area contributed by atoms with Gasteiger partial charge in [0.25, 0.3) is 0 Å². The van der Waals surface area contributed by atoms with E-state index in [0.717, 1.165) is 11.1 Å². The van der Waals surface area contributed by atoms with E-state index in [1.165, 1.54) is 11.1 Å². The molecule has 1 saturated heterocycles. The Morgan fingerprint density at radius 1 is 1.11 bits per heavy atom. The molecule has 2 amide bonds. The van der Waals surface area contributed by atoms with E-state index < -0.39 is 17.5 Å². The third kappa shape index (κ3) is 4.90. The van der Waals surface area contributed by atoms with E-state index in [2.05, 4.69) is 29.6 Å². The number of alkyl carbamates (subject to hydrolysis) is 1. The molecule has 0 bridgehead atoms. The Morgan fingerprint density at radius 3 is 2.26 bits per heavy atom. The smallest absolute Gasteiger partial charge is 0.407 e. The molecule has 3 unspecified atom stereocenters. The van der Waals surface area contributed by atoms with Crippen molar-refractivity contribution < 1.29 is 24.2 Å². The predicted octanol–water partition coefficient (Wildman–Crippen LogP) is 4.65. The maximum absolute atomic E-state index is 12.7. The van der Waals surface area contributed by atoms with Crippen LogP contribution in [0.25, 0.3) is 11.1 Å². The molecule has 4 rings (SSSR count). The molecular formula is C28H34N2O5. The van der Waals surface area contributed by atoms with Gasteiger partial charge in [-0.05, 0) is 47.9 Å². The van der Waals surface area contributed by atoms with Gasteiger partial charge in [0.2, 0.25) is 5.91 Å². The molecule has 35 heavy (non-hydrogen) atoms. The van der Waals surface area contributed by atoms with Crippen LogP contribution < -0.4 is 5.32 Å². The molecule has 0 spiro atoms. The van der Waals surface area contributed by atoms with Crippen LogP contribution in [0.3, 0.4) is 0 Å². The number of carboxylic acids is 1. The molecule has 0 saturated carbocycles. The predicted molar refractivity (Wildman–Crippen MR) is 133 cm³/mol. The van der Waals surface area contributed by atoms with Crippen molar-refractivity contribution in [2.45, 2.75) is 52.0 Å². The minimum atomic E-state index is -0.917. The van der Waals surface area contributed by atoms with Crippen molar-refractivity contribution in [3.8, 4) is 11.1 Å². The highest BCUT2D eigenvalue weighted by atomic mass is 16.5. The number of carbonyl (C=O) groups is 3. The standard InChI is InChI=1S/C28H34N2O5/c1-4-19(13-14-25(31)30-15-18(2)28(3,17-30)26(32)33)29-27(34)35-16-24-22-11-7-5-9-20(22)21-10-6-8-12-23(21)24/h5-12,18-19,24H,4,13-17H2,1-3H3,(H,29,34)(H,32,33). The van der Waals surface area contributed by atoms with E-state index in [4.69, 9.17) is 4.74 Å². The highest BCUT2D eigenvalue weighted by Crippen LogP contribution is 2.44. The van der Waals surface area contributed by atoms with Crippen LogP contribution >= 0.6 is 0 Å². The first-order chi connectivity index (χ1) is 16.7. The van der Waals surface area contributed by atoms with Gasteiger partial charge in [0.05, 0.1) is 5.41 Å². The molecule has 1 heterocycles. The fourth-order valence-electron chi connectivity index (χ4n) is 5.26. The van der Waals surface area contributed by atoms with Gasteiger partial charge in [-0.2, -0.15) is 0 Å². The third-order valence-electron chi connectivity index (χ3n) is 7.81. The fraction of sp³-hybridized carbons (Fsp3) is 0.464. The summed E-state index contributed by atoms with van der Waals surface area (Å²) in [7, 11) is 0. The molecule has 1 fully saturated rings. The summed E-state index contributed by atoms with van der Waals surface area (Å²) in [6.07, 6.45) is 0.916. The van der Waals surface area contributed by atoms with Gasteiger partial charge in [-0.15, -0.1) is 0 Å². The molecule has 7 nitrogen and oxygen atoms in total. The maximum Gasteiger partial charge on any atom is 0.407 e. The van der Waals surface area contributed by atoms with Crippen molar-refractivity contribution in [2.24, 2.45) is 11.3 Å². The number of likely N-dealkylation sites (tertiary alicyclic amines) is 1. The summed E-state index contributed by atoms with van der Waals surface area (Å²) in [5.41, 5.74) is 3.76. The summed E-state index contributed by atoms with van der Waals surface area (Å²) in [5, 5.41) is 12.4. The zero-order chi connectivity index (χ0) is 25.2. The largest absolute Gasteiger partial charge is 0.481 e. The number of benzene rings is 2. The summed E-state index contributed by atoms with van der Waals surface area (Å²) < 4.78 is 5.64.